The average Bonchev–Trinajstić information content (AvgIpc) is 2.67. The number of rotatable bonds is 5. The largest absolute Gasteiger partial charge is 0.382 e. The Morgan fingerprint density at radius 3 is 2.70 bits per heavy atom. The number of fused-ring (bicyclic) bond motifs is 1. The molecule has 0 saturated heterocycles. The molecule has 110 valence electrons. The predicted octanol–water partition coefficient (Wildman–Crippen LogP) is 0.875. The molecule has 3 N–H and O–H groups in total. The second-order valence-corrected chi connectivity index (χ2v) is 6.54. The molecule has 0 bridgehead atoms. The molecule has 8 heteroatoms. The van der Waals surface area contributed by atoms with Gasteiger partial charge >= 0.3 is 5.69 Å². The number of hydrogen-bond donors (Lipinski definition) is 2. The smallest absolute Gasteiger partial charge is 0.327 e. The number of nitrogens with zero attached hydrogens (tertiary/aromatic N) is 3. The van der Waals surface area contributed by atoms with Crippen LogP contribution < -0.4 is 11.4 Å². The molecule has 20 heavy (non-hydrogen) atoms. The van der Waals surface area contributed by atoms with Crippen molar-refractivity contribution in [3.8, 4) is 0 Å². The summed E-state index contributed by atoms with van der Waals surface area (Å²) in [6.45, 7) is 6.47. The quantitative estimate of drug-likeness (QED) is 0.797. The number of nitrogen functional groups attached to an aromatic ring is 1. The minimum atomic E-state index is -1.29. The summed E-state index contributed by atoms with van der Waals surface area (Å²) >= 11 is 0. The van der Waals surface area contributed by atoms with Crippen molar-refractivity contribution in [2.24, 2.45) is 5.92 Å². The summed E-state index contributed by atoms with van der Waals surface area (Å²) in [6.07, 6.45) is 0.764. The molecule has 0 aliphatic carbocycles. The SMILES string of the molecule is CCCS(=O)c1nc(N)c2[nH]c(=O)n(CC(C)C)c2n1. The summed E-state index contributed by atoms with van der Waals surface area (Å²) in [7, 11) is -1.29. The van der Waals surface area contributed by atoms with E-state index < -0.39 is 10.8 Å². The molecule has 0 saturated carbocycles. The molecular weight excluding hydrogens is 278 g/mol. The summed E-state index contributed by atoms with van der Waals surface area (Å²) in [5.41, 5.74) is 6.40. The number of hydrogen-bond acceptors (Lipinski definition) is 5. The maximum absolute atomic E-state index is 12.0. The van der Waals surface area contributed by atoms with E-state index in [2.05, 4.69) is 15.0 Å². The Kier molecular flexibility index (Phi) is 4.22. The van der Waals surface area contributed by atoms with E-state index in [9.17, 15) is 9.00 Å². The summed E-state index contributed by atoms with van der Waals surface area (Å²) in [5.74, 6) is 0.922. The van der Waals surface area contributed by atoms with Gasteiger partial charge in [-0.1, -0.05) is 20.8 Å². The van der Waals surface area contributed by atoms with Gasteiger partial charge in [0.05, 0.1) is 10.8 Å². The third-order valence-corrected chi connectivity index (χ3v) is 4.14. The predicted molar refractivity (Wildman–Crippen MR) is 79.0 cm³/mol. The maximum Gasteiger partial charge on any atom is 0.327 e. The zero-order valence-corrected chi connectivity index (χ0v) is 12.7. The highest BCUT2D eigenvalue weighted by atomic mass is 32.2. The van der Waals surface area contributed by atoms with E-state index in [1.54, 1.807) is 0 Å². The molecular formula is C12H19N5O2S. The van der Waals surface area contributed by atoms with Crippen LogP contribution in [0, 0.1) is 5.92 Å². The summed E-state index contributed by atoms with van der Waals surface area (Å²) in [5, 5.41) is 0.188. The van der Waals surface area contributed by atoms with E-state index in [4.69, 9.17) is 5.73 Å². The molecule has 0 radical (unpaired) electrons. The first-order valence-electron chi connectivity index (χ1n) is 6.58. The standard InChI is InChI=1S/C12H19N5O2S/c1-4-5-20(19)11-15-9(13)8-10(16-11)17(6-7(2)3)12(18)14-8/h7H,4-6H2,1-3H3,(H,14,18)(H2,13,15,16). The Morgan fingerprint density at radius 1 is 1.40 bits per heavy atom. The van der Waals surface area contributed by atoms with Crippen LogP contribution in [0.15, 0.2) is 9.95 Å². The van der Waals surface area contributed by atoms with Crippen LogP contribution in [-0.2, 0) is 17.3 Å². The first-order chi connectivity index (χ1) is 9.43. The molecule has 2 rings (SSSR count). The van der Waals surface area contributed by atoms with Crippen molar-refractivity contribution < 1.29 is 4.21 Å². The van der Waals surface area contributed by atoms with Gasteiger partial charge in [-0.15, -0.1) is 0 Å². The van der Waals surface area contributed by atoms with E-state index in [-0.39, 0.29) is 22.6 Å². The third-order valence-electron chi connectivity index (χ3n) is 2.77. The minimum absolute atomic E-state index is 0.161. The van der Waals surface area contributed by atoms with E-state index in [0.29, 0.717) is 23.5 Å². The monoisotopic (exact) mass is 297 g/mol. The number of H-pyrrole nitrogens is 1. The van der Waals surface area contributed by atoms with Gasteiger partial charge in [-0.25, -0.2) is 14.8 Å². The fourth-order valence-corrected chi connectivity index (χ4v) is 2.89. The summed E-state index contributed by atoms with van der Waals surface area (Å²) in [4.78, 5) is 22.9. The molecule has 0 aromatic carbocycles. The molecule has 7 nitrogen and oxygen atoms in total. The van der Waals surface area contributed by atoms with Gasteiger partial charge in [0.2, 0.25) is 5.16 Å². The number of anilines is 1. The van der Waals surface area contributed by atoms with Gasteiger partial charge in [-0.3, -0.25) is 8.78 Å². The van der Waals surface area contributed by atoms with Crippen LogP contribution in [0.1, 0.15) is 27.2 Å². The molecule has 2 aromatic heterocycles. The minimum Gasteiger partial charge on any atom is -0.382 e. The molecule has 1 atom stereocenters. The van der Waals surface area contributed by atoms with Gasteiger partial charge in [0.15, 0.2) is 11.5 Å². The molecule has 0 aliphatic rings. The van der Waals surface area contributed by atoms with Gasteiger partial charge < -0.3 is 10.7 Å². The second-order valence-electron chi connectivity index (χ2n) is 5.07. The van der Waals surface area contributed by atoms with Crippen molar-refractivity contribution >= 4 is 27.8 Å². The lowest BCUT2D eigenvalue weighted by molar-refractivity contribution is 0.519. The third kappa shape index (κ3) is 2.74. The Labute approximate surface area is 119 Å². The van der Waals surface area contributed by atoms with Crippen molar-refractivity contribution in [2.45, 2.75) is 38.9 Å². The Morgan fingerprint density at radius 2 is 2.10 bits per heavy atom. The lowest BCUT2D eigenvalue weighted by Crippen LogP contribution is -2.20. The number of imidazole rings is 1. The molecule has 0 fully saturated rings. The average molecular weight is 297 g/mol. The first kappa shape index (κ1) is 14.7. The van der Waals surface area contributed by atoms with E-state index in [1.165, 1.54) is 4.57 Å². The van der Waals surface area contributed by atoms with Gasteiger partial charge in [0.1, 0.15) is 5.52 Å². The molecule has 1 unspecified atom stereocenters. The number of nitrogens with one attached hydrogen (secondary N) is 1. The zero-order valence-electron chi connectivity index (χ0n) is 11.8. The van der Waals surface area contributed by atoms with Gasteiger partial charge in [0.25, 0.3) is 0 Å². The highest BCUT2D eigenvalue weighted by Gasteiger charge is 2.16. The van der Waals surface area contributed by atoms with Crippen LogP contribution in [0.5, 0.6) is 0 Å². The number of nitrogens with two attached hydrogens (primary N) is 1. The van der Waals surface area contributed by atoms with Crippen LogP contribution in [-0.4, -0.2) is 29.5 Å². The van der Waals surface area contributed by atoms with Crippen LogP contribution >= 0.6 is 0 Å². The fraction of sp³-hybridized carbons (Fsp3) is 0.583. The van der Waals surface area contributed by atoms with E-state index >= 15 is 0 Å². The van der Waals surface area contributed by atoms with Crippen LogP contribution in [0.2, 0.25) is 0 Å². The molecule has 0 aliphatic heterocycles. The van der Waals surface area contributed by atoms with Crippen molar-refractivity contribution in [3.63, 3.8) is 0 Å². The highest BCUT2D eigenvalue weighted by molar-refractivity contribution is 7.84. The Balaban J connectivity index is 2.61. The van der Waals surface area contributed by atoms with E-state index in [0.717, 1.165) is 6.42 Å². The van der Waals surface area contributed by atoms with Gasteiger partial charge in [-0.05, 0) is 12.3 Å². The zero-order chi connectivity index (χ0) is 14.9. The normalized spacial score (nSPS) is 13.2. The molecule has 2 aromatic rings. The number of aromatic nitrogens is 4. The Bertz CT molecular complexity index is 704. The lowest BCUT2D eigenvalue weighted by atomic mass is 10.2. The van der Waals surface area contributed by atoms with Crippen LogP contribution in [0.4, 0.5) is 5.82 Å². The Hall–Kier alpha value is -1.70. The summed E-state index contributed by atoms with van der Waals surface area (Å²) in [6, 6.07) is 0. The summed E-state index contributed by atoms with van der Waals surface area (Å²) < 4.78 is 13.5. The van der Waals surface area contributed by atoms with Gasteiger partial charge in [0, 0.05) is 12.3 Å². The van der Waals surface area contributed by atoms with Crippen LogP contribution in [0.3, 0.4) is 0 Å². The molecule has 0 spiro atoms. The van der Waals surface area contributed by atoms with Gasteiger partial charge in [-0.2, -0.15) is 0 Å². The fourth-order valence-electron chi connectivity index (χ4n) is 1.94. The maximum atomic E-state index is 12.0. The lowest BCUT2D eigenvalue weighted by Gasteiger charge is -2.07. The molecule has 0 amide bonds. The molecule has 2 heterocycles. The second kappa shape index (κ2) is 5.74. The topological polar surface area (TPSA) is 107 Å². The first-order valence-corrected chi connectivity index (χ1v) is 7.90. The number of aromatic amines is 1. The van der Waals surface area contributed by atoms with Crippen molar-refractivity contribution in [1.29, 1.82) is 0 Å². The van der Waals surface area contributed by atoms with Crippen molar-refractivity contribution in [3.05, 3.63) is 10.5 Å². The van der Waals surface area contributed by atoms with Crippen molar-refractivity contribution in [2.75, 3.05) is 11.5 Å². The van der Waals surface area contributed by atoms with E-state index in [1.807, 2.05) is 20.8 Å². The van der Waals surface area contributed by atoms with Crippen LogP contribution in [0.25, 0.3) is 11.2 Å². The highest BCUT2D eigenvalue weighted by Crippen LogP contribution is 2.16. The van der Waals surface area contributed by atoms with Crippen molar-refractivity contribution in [1.82, 2.24) is 19.5 Å².